The normalized spacial score (nSPS) is 21.3. The van der Waals surface area contributed by atoms with Gasteiger partial charge in [0, 0.05) is 17.5 Å². The Hall–Kier alpha value is -1.77. The summed E-state index contributed by atoms with van der Waals surface area (Å²) in [5.41, 5.74) is 0.386. The largest absolute Gasteiger partial charge is 0.457 e. The van der Waals surface area contributed by atoms with Crippen LogP contribution in [-0.2, 0) is 9.84 Å². The first-order chi connectivity index (χ1) is 12.1. The van der Waals surface area contributed by atoms with Gasteiger partial charge in [0.1, 0.15) is 17.3 Å². The van der Waals surface area contributed by atoms with Crippen molar-refractivity contribution in [3.63, 3.8) is 0 Å². The summed E-state index contributed by atoms with van der Waals surface area (Å²) in [7, 11) is -4.86. The van der Waals surface area contributed by atoms with Gasteiger partial charge in [0.25, 0.3) is 0 Å². The highest BCUT2D eigenvalue weighted by molar-refractivity contribution is 7.95. The van der Waals surface area contributed by atoms with Crippen molar-refractivity contribution in [2.45, 2.75) is 31.1 Å². The number of rotatable bonds is 4. The van der Waals surface area contributed by atoms with Crippen LogP contribution in [0.25, 0.3) is 0 Å². The van der Waals surface area contributed by atoms with E-state index in [0.29, 0.717) is 5.57 Å². The third-order valence-corrected chi connectivity index (χ3v) is 5.37. The second kappa shape index (κ2) is 8.28. The standard InChI is InChI=1S/C17H16ClF3O4S/c1-10-2-3-13(22)9-15(26(23,24)17(20)21)4-5-16(10)25-14-7-11(18)6-12(19)8-14/h4-8,13,17,22H,1-3,9H2/b15-4+,16-5?. The molecule has 0 radical (unpaired) electrons. The van der Waals surface area contributed by atoms with Gasteiger partial charge in [-0.15, -0.1) is 0 Å². The molecule has 1 aliphatic carbocycles. The Morgan fingerprint density at radius 2 is 1.96 bits per heavy atom. The zero-order valence-electron chi connectivity index (χ0n) is 13.5. The van der Waals surface area contributed by atoms with E-state index in [2.05, 4.69) is 6.58 Å². The van der Waals surface area contributed by atoms with E-state index in [-0.39, 0.29) is 29.4 Å². The number of ether oxygens (including phenoxy) is 1. The highest BCUT2D eigenvalue weighted by atomic mass is 35.5. The smallest absolute Gasteiger partial charge is 0.340 e. The first-order valence-corrected chi connectivity index (χ1v) is 9.45. The lowest BCUT2D eigenvalue weighted by Crippen LogP contribution is -2.18. The maximum absolute atomic E-state index is 13.4. The summed E-state index contributed by atoms with van der Waals surface area (Å²) in [6.45, 7) is 3.78. The fourth-order valence-corrected chi connectivity index (χ4v) is 3.42. The second-order valence-corrected chi connectivity index (χ2v) is 8.08. The molecular weight excluding hydrogens is 393 g/mol. The fraction of sp³-hybridized carbons (Fsp3) is 0.294. The summed E-state index contributed by atoms with van der Waals surface area (Å²) >= 11 is 5.76. The van der Waals surface area contributed by atoms with Crippen molar-refractivity contribution < 1.29 is 31.4 Å². The average Bonchev–Trinajstić information content (AvgIpc) is 2.59. The SMILES string of the molecule is C=C1CCC(O)C/C(S(=O)(=O)C(F)F)=C\C=C1Oc1cc(F)cc(Cl)c1. The molecule has 26 heavy (non-hydrogen) atoms. The average molecular weight is 409 g/mol. The number of aliphatic hydroxyl groups is 1. The zero-order valence-corrected chi connectivity index (χ0v) is 15.0. The van der Waals surface area contributed by atoms with E-state index >= 15 is 0 Å². The molecule has 1 aromatic rings. The van der Waals surface area contributed by atoms with Crippen molar-refractivity contribution >= 4 is 21.4 Å². The minimum atomic E-state index is -4.86. The molecular formula is C17H16ClF3O4S. The van der Waals surface area contributed by atoms with Crippen molar-refractivity contribution in [2.75, 3.05) is 0 Å². The summed E-state index contributed by atoms with van der Waals surface area (Å²) in [6, 6.07) is 3.47. The van der Waals surface area contributed by atoms with Crippen LogP contribution in [0.1, 0.15) is 19.3 Å². The maximum atomic E-state index is 13.4. The first kappa shape index (κ1) is 20.5. The van der Waals surface area contributed by atoms with Crippen LogP contribution >= 0.6 is 11.6 Å². The molecule has 0 saturated heterocycles. The molecule has 0 spiro atoms. The number of benzene rings is 1. The molecule has 0 aromatic heterocycles. The lowest BCUT2D eigenvalue weighted by Gasteiger charge is -2.14. The summed E-state index contributed by atoms with van der Waals surface area (Å²) < 4.78 is 68.1. The topological polar surface area (TPSA) is 63.6 Å². The van der Waals surface area contributed by atoms with Gasteiger partial charge in [-0.1, -0.05) is 18.2 Å². The van der Waals surface area contributed by atoms with E-state index < -0.39 is 38.8 Å². The van der Waals surface area contributed by atoms with Gasteiger partial charge in [-0.3, -0.25) is 0 Å². The molecule has 0 aliphatic heterocycles. The molecule has 0 heterocycles. The van der Waals surface area contributed by atoms with Crippen molar-refractivity contribution in [3.05, 3.63) is 64.0 Å². The monoisotopic (exact) mass is 408 g/mol. The van der Waals surface area contributed by atoms with Gasteiger partial charge in [-0.05, 0) is 42.7 Å². The van der Waals surface area contributed by atoms with Gasteiger partial charge >= 0.3 is 5.76 Å². The van der Waals surface area contributed by atoms with Gasteiger partial charge in [0.2, 0.25) is 9.84 Å². The molecule has 0 fully saturated rings. The molecule has 2 rings (SSSR count). The van der Waals surface area contributed by atoms with E-state index in [4.69, 9.17) is 16.3 Å². The summed E-state index contributed by atoms with van der Waals surface area (Å²) in [4.78, 5) is -0.618. The number of hydrogen-bond acceptors (Lipinski definition) is 4. The molecule has 1 aliphatic rings. The molecule has 0 amide bonds. The van der Waals surface area contributed by atoms with Crippen LogP contribution in [0.3, 0.4) is 0 Å². The molecule has 1 aromatic carbocycles. The zero-order chi connectivity index (χ0) is 19.5. The van der Waals surface area contributed by atoms with E-state index in [1.54, 1.807) is 0 Å². The third kappa shape index (κ3) is 5.12. The van der Waals surface area contributed by atoms with Gasteiger partial charge < -0.3 is 9.84 Å². The van der Waals surface area contributed by atoms with Crippen LogP contribution in [0.4, 0.5) is 13.2 Å². The Morgan fingerprint density at radius 1 is 1.27 bits per heavy atom. The predicted molar refractivity (Wildman–Crippen MR) is 92.1 cm³/mol. The van der Waals surface area contributed by atoms with Crippen LogP contribution in [-0.4, -0.2) is 25.4 Å². The quantitative estimate of drug-likeness (QED) is 0.803. The number of allylic oxidation sites excluding steroid dienone is 3. The highest BCUT2D eigenvalue weighted by Crippen LogP contribution is 2.29. The highest BCUT2D eigenvalue weighted by Gasteiger charge is 2.30. The van der Waals surface area contributed by atoms with Crippen LogP contribution < -0.4 is 4.74 Å². The second-order valence-electron chi connectivity index (χ2n) is 5.68. The molecule has 9 heteroatoms. The summed E-state index contributed by atoms with van der Waals surface area (Å²) in [5, 5.41) is 9.98. The molecule has 4 nitrogen and oxygen atoms in total. The van der Waals surface area contributed by atoms with Crippen LogP contribution in [0.15, 0.2) is 53.2 Å². The Kier molecular flexibility index (Phi) is 6.54. The van der Waals surface area contributed by atoms with Crippen LogP contribution in [0.2, 0.25) is 5.02 Å². The van der Waals surface area contributed by atoms with E-state index in [1.807, 2.05) is 0 Å². The Morgan fingerprint density at radius 3 is 2.58 bits per heavy atom. The maximum Gasteiger partial charge on any atom is 0.340 e. The van der Waals surface area contributed by atoms with Crippen molar-refractivity contribution in [3.8, 4) is 5.75 Å². The van der Waals surface area contributed by atoms with E-state index in [9.17, 15) is 26.7 Å². The number of aliphatic hydroxyl groups excluding tert-OH is 1. The minimum absolute atomic E-state index is 0.0360. The van der Waals surface area contributed by atoms with E-state index in [1.165, 1.54) is 6.07 Å². The molecule has 0 saturated carbocycles. The lowest BCUT2D eigenvalue weighted by molar-refractivity contribution is 0.166. The molecule has 1 N–H and O–H groups in total. The molecule has 1 atom stereocenters. The number of sulfone groups is 1. The van der Waals surface area contributed by atoms with Crippen LogP contribution in [0.5, 0.6) is 5.75 Å². The first-order valence-electron chi connectivity index (χ1n) is 7.52. The molecule has 1 unspecified atom stereocenters. The Balaban J connectivity index is 2.43. The Labute approximate surface area is 154 Å². The van der Waals surface area contributed by atoms with Crippen LogP contribution in [0, 0.1) is 5.82 Å². The summed E-state index contributed by atoms with van der Waals surface area (Å²) in [6.07, 6.45) is 0.843. The predicted octanol–water partition coefficient (Wildman–Crippen LogP) is 4.36. The lowest BCUT2D eigenvalue weighted by atomic mass is 10.1. The fourth-order valence-electron chi connectivity index (χ4n) is 2.30. The Bertz CT molecular complexity index is 843. The van der Waals surface area contributed by atoms with Crippen molar-refractivity contribution in [2.24, 2.45) is 0 Å². The third-order valence-electron chi connectivity index (χ3n) is 3.65. The minimum Gasteiger partial charge on any atom is -0.457 e. The van der Waals surface area contributed by atoms with Gasteiger partial charge in [0.15, 0.2) is 0 Å². The number of hydrogen-bond donors (Lipinski definition) is 1. The van der Waals surface area contributed by atoms with Gasteiger partial charge in [-0.25, -0.2) is 12.8 Å². The van der Waals surface area contributed by atoms with Crippen molar-refractivity contribution in [1.82, 2.24) is 0 Å². The van der Waals surface area contributed by atoms with Gasteiger partial charge in [-0.2, -0.15) is 8.78 Å². The van der Waals surface area contributed by atoms with Gasteiger partial charge in [0.05, 0.1) is 11.0 Å². The van der Waals surface area contributed by atoms with E-state index in [0.717, 1.165) is 24.3 Å². The van der Waals surface area contributed by atoms with Crippen molar-refractivity contribution in [1.29, 1.82) is 0 Å². The number of halogens is 4. The molecule has 142 valence electrons. The molecule has 0 bridgehead atoms. The summed E-state index contributed by atoms with van der Waals surface area (Å²) in [5.74, 6) is -4.16. The number of alkyl halides is 2.